The Morgan fingerprint density at radius 3 is 2.58 bits per heavy atom. The second-order valence-corrected chi connectivity index (χ2v) is 4.05. The van der Waals surface area contributed by atoms with E-state index in [0.717, 1.165) is 6.07 Å². The van der Waals surface area contributed by atoms with E-state index in [0.29, 0.717) is 11.1 Å². The minimum atomic E-state index is -0.624. The van der Waals surface area contributed by atoms with Crippen LogP contribution >= 0.6 is 7.92 Å². The molecule has 0 aliphatic rings. The molecule has 1 aromatic carbocycles. The predicted octanol–water partition coefficient (Wildman–Crippen LogP) is 2.16. The molecule has 0 saturated heterocycles. The number of nitro benzene ring substituents is 1. The fraction of sp³-hybridized carbons (Fsp3) is 0.273. The van der Waals surface area contributed by atoms with Gasteiger partial charge in [-0.1, -0.05) is 0 Å². The SMILES string of the molecule is COc1c([N+](=O)[O-])cc(C(=O)NC#P=O)c(C)c1C. The molecule has 0 radical (unpaired) electrons. The summed E-state index contributed by atoms with van der Waals surface area (Å²) >= 11 is 0. The Labute approximate surface area is 110 Å². The van der Waals surface area contributed by atoms with Crippen LogP contribution in [-0.2, 0) is 4.57 Å². The number of nitrogens with one attached hydrogen (secondary N) is 1. The molecule has 0 aromatic heterocycles. The summed E-state index contributed by atoms with van der Waals surface area (Å²) in [6, 6.07) is 1.12. The molecule has 0 saturated carbocycles. The van der Waals surface area contributed by atoms with Crippen molar-refractivity contribution < 1.29 is 19.0 Å². The number of rotatable bonds is 3. The molecular formula is C11H11N2O5P. The van der Waals surface area contributed by atoms with Crippen LogP contribution in [-0.4, -0.2) is 17.9 Å². The number of hydrogen-bond acceptors (Lipinski definition) is 5. The molecule has 0 unspecified atom stereocenters. The molecule has 0 atom stereocenters. The van der Waals surface area contributed by atoms with Crippen LogP contribution in [0, 0.1) is 29.7 Å². The molecule has 0 spiro atoms. The van der Waals surface area contributed by atoms with Crippen molar-refractivity contribution in [1.29, 1.82) is 0 Å². The number of methoxy groups -OCH3 is 1. The molecule has 8 heteroatoms. The minimum absolute atomic E-state index is 0.112. The first-order valence-corrected chi connectivity index (χ1v) is 5.95. The molecule has 1 amide bonds. The van der Waals surface area contributed by atoms with E-state index in [1.165, 1.54) is 7.11 Å². The van der Waals surface area contributed by atoms with Crippen LogP contribution in [0.5, 0.6) is 5.75 Å². The van der Waals surface area contributed by atoms with Crippen LogP contribution in [0.25, 0.3) is 0 Å². The van der Waals surface area contributed by atoms with Crippen molar-refractivity contribution in [2.24, 2.45) is 0 Å². The van der Waals surface area contributed by atoms with Crippen molar-refractivity contribution in [3.8, 4) is 11.5 Å². The van der Waals surface area contributed by atoms with Gasteiger partial charge in [0.1, 0.15) is 0 Å². The van der Waals surface area contributed by atoms with Crippen molar-refractivity contribution in [2.45, 2.75) is 13.8 Å². The van der Waals surface area contributed by atoms with Gasteiger partial charge in [-0.15, -0.1) is 0 Å². The molecule has 0 aliphatic carbocycles. The summed E-state index contributed by atoms with van der Waals surface area (Å²) in [4.78, 5) is 22.1. The van der Waals surface area contributed by atoms with E-state index in [1.54, 1.807) is 13.8 Å². The van der Waals surface area contributed by atoms with Gasteiger partial charge in [-0.25, -0.2) is 0 Å². The molecule has 100 valence electrons. The first-order chi connectivity index (χ1) is 8.93. The van der Waals surface area contributed by atoms with Gasteiger partial charge in [0, 0.05) is 0 Å². The molecule has 0 bridgehead atoms. The summed E-state index contributed by atoms with van der Waals surface area (Å²) < 4.78 is 15.2. The summed E-state index contributed by atoms with van der Waals surface area (Å²) in [5, 5.41) is 13.1. The Morgan fingerprint density at radius 2 is 2.11 bits per heavy atom. The van der Waals surface area contributed by atoms with E-state index < -0.39 is 18.7 Å². The molecule has 19 heavy (non-hydrogen) atoms. The number of carbonyl (C=O) groups excluding carboxylic acids is 1. The summed E-state index contributed by atoms with van der Waals surface area (Å²) in [6.07, 6.45) is 0. The number of amides is 1. The average molecular weight is 282 g/mol. The number of nitro groups is 1. The number of ether oxygens (including phenoxy) is 1. The Bertz CT molecular complexity index is 651. The Morgan fingerprint density at radius 1 is 1.47 bits per heavy atom. The van der Waals surface area contributed by atoms with Crippen molar-refractivity contribution in [3.05, 3.63) is 32.9 Å². The summed E-state index contributed by atoms with van der Waals surface area (Å²) in [7, 11) is 0.852. The van der Waals surface area contributed by atoms with Gasteiger partial charge in [0.15, 0.2) is 0 Å². The standard InChI is InChI=1S/C11H11N2O5P/c1-6-7(2)10(18-3)9(13(15)16)4-8(6)11(14)12-5-19-17/h4H,1-3H3,(H,12,14). The number of carbonyl (C=O) groups is 1. The Hall–Kier alpha value is -2.10. The molecule has 0 heterocycles. The number of benzene rings is 1. The summed E-state index contributed by atoms with van der Waals surface area (Å²) in [6.45, 7) is 3.27. The zero-order valence-electron chi connectivity index (χ0n) is 10.5. The fourth-order valence-electron chi connectivity index (χ4n) is 1.64. The zero-order chi connectivity index (χ0) is 14.6. The number of hydrogen-bond donors (Lipinski definition) is 1. The second-order valence-electron chi connectivity index (χ2n) is 3.64. The maximum atomic E-state index is 11.8. The van der Waals surface area contributed by atoms with Gasteiger partial charge in [0.05, 0.1) is 0 Å². The van der Waals surface area contributed by atoms with Crippen molar-refractivity contribution >= 4 is 19.5 Å². The van der Waals surface area contributed by atoms with Crippen LogP contribution in [0.3, 0.4) is 0 Å². The van der Waals surface area contributed by atoms with Crippen LogP contribution < -0.4 is 10.1 Å². The monoisotopic (exact) mass is 282 g/mol. The molecule has 1 aromatic rings. The third-order valence-corrected chi connectivity index (χ3v) is 2.88. The molecule has 1 rings (SSSR count). The normalized spacial score (nSPS) is 9.42. The number of nitrogens with zero attached hydrogens (tertiary/aromatic N) is 1. The molecule has 7 nitrogen and oxygen atoms in total. The molecular weight excluding hydrogens is 271 g/mol. The van der Waals surface area contributed by atoms with Gasteiger partial charge in [0.2, 0.25) is 0 Å². The van der Waals surface area contributed by atoms with Crippen molar-refractivity contribution in [2.75, 3.05) is 7.11 Å². The Balaban J connectivity index is 3.49. The van der Waals surface area contributed by atoms with Crippen molar-refractivity contribution in [3.63, 3.8) is 0 Å². The van der Waals surface area contributed by atoms with Crippen LogP contribution in [0.1, 0.15) is 21.5 Å². The molecule has 0 fully saturated rings. The third kappa shape index (κ3) is 3.02. The van der Waals surface area contributed by atoms with Gasteiger partial charge in [-0.3, -0.25) is 0 Å². The van der Waals surface area contributed by atoms with E-state index in [-0.39, 0.29) is 17.0 Å². The van der Waals surface area contributed by atoms with E-state index in [1.807, 2.05) is 0 Å². The predicted molar refractivity (Wildman–Crippen MR) is 68.1 cm³/mol. The van der Waals surface area contributed by atoms with E-state index in [4.69, 9.17) is 4.74 Å². The topological polar surface area (TPSA) is 98.5 Å². The summed E-state index contributed by atoms with van der Waals surface area (Å²) in [5.74, 6) is 1.59. The maximum absolute atomic E-state index is 11.8. The first-order valence-electron chi connectivity index (χ1n) is 5.14. The zero-order valence-corrected chi connectivity index (χ0v) is 11.4. The molecule has 0 aliphatic heterocycles. The van der Waals surface area contributed by atoms with Crippen molar-refractivity contribution in [1.82, 2.24) is 5.32 Å². The third-order valence-electron chi connectivity index (χ3n) is 2.68. The van der Waals surface area contributed by atoms with Gasteiger partial charge < -0.3 is 0 Å². The average Bonchev–Trinajstić information content (AvgIpc) is 2.38. The molecule has 1 N–H and O–H groups in total. The second kappa shape index (κ2) is 6.18. The quantitative estimate of drug-likeness (QED) is 0.396. The van der Waals surface area contributed by atoms with E-state index >= 15 is 0 Å². The van der Waals surface area contributed by atoms with Crippen LogP contribution in [0.2, 0.25) is 0 Å². The van der Waals surface area contributed by atoms with E-state index in [2.05, 4.69) is 11.1 Å². The van der Waals surface area contributed by atoms with Gasteiger partial charge in [0.25, 0.3) is 0 Å². The Kier molecular flexibility index (Phi) is 4.87. The van der Waals surface area contributed by atoms with Crippen LogP contribution in [0.15, 0.2) is 6.07 Å². The summed E-state index contributed by atoms with van der Waals surface area (Å²) in [5.41, 5.74) is 0.863. The van der Waals surface area contributed by atoms with Gasteiger partial charge >= 0.3 is 109 Å². The van der Waals surface area contributed by atoms with Crippen LogP contribution in [0.4, 0.5) is 5.69 Å². The fourth-order valence-corrected chi connectivity index (χ4v) is 1.79. The van der Waals surface area contributed by atoms with Gasteiger partial charge in [-0.05, 0) is 0 Å². The van der Waals surface area contributed by atoms with Gasteiger partial charge in [-0.2, -0.15) is 0 Å². The first kappa shape index (κ1) is 15.0. The van der Waals surface area contributed by atoms with E-state index in [9.17, 15) is 19.5 Å².